The molecule has 0 aliphatic carbocycles. The van der Waals surface area contributed by atoms with Crippen molar-refractivity contribution in [1.29, 1.82) is 5.41 Å². The van der Waals surface area contributed by atoms with Gasteiger partial charge in [-0.25, -0.2) is 0 Å². The van der Waals surface area contributed by atoms with Crippen molar-refractivity contribution < 1.29 is 4.79 Å². The van der Waals surface area contributed by atoms with E-state index in [1.165, 1.54) is 27.9 Å². The van der Waals surface area contributed by atoms with Crippen LogP contribution in [0.2, 0.25) is 0 Å². The summed E-state index contributed by atoms with van der Waals surface area (Å²) < 4.78 is 2.19. The minimum atomic E-state index is -0.396. The van der Waals surface area contributed by atoms with Crippen molar-refractivity contribution in [2.45, 2.75) is 26.8 Å². The van der Waals surface area contributed by atoms with Gasteiger partial charge < -0.3 is 4.57 Å². The quantitative estimate of drug-likeness (QED) is 0.594. The molecule has 6 nitrogen and oxygen atoms in total. The third-order valence-electron chi connectivity index (χ3n) is 5.52. The lowest BCUT2D eigenvalue weighted by Crippen LogP contribution is -2.35. The number of hydrogen-bond acceptors (Lipinski definition) is 4. The molecule has 1 amide bonds. The summed E-state index contributed by atoms with van der Waals surface area (Å²) in [6.07, 6.45) is 4.56. The lowest BCUT2D eigenvalue weighted by molar-refractivity contribution is -0.114. The van der Waals surface area contributed by atoms with Crippen molar-refractivity contribution in [3.8, 4) is 0 Å². The standard InChI is InChI=1S/C24H21N5OS/c1-3-21-27-29-22(25)19(23(30)26-24(29)31-21)12-17-14-28(20-11-7-6-10-18(17)20)13-16-9-5-4-8-15(16)2/h4-12,14,25H,3,13H2,1-2H3/b19-12-,25-22?. The number of benzene rings is 2. The fraction of sp³-hybridized carbons (Fsp3) is 0.167. The van der Waals surface area contributed by atoms with Crippen LogP contribution in [-0.4, -0.2) is 31.5 Å². The van der Waals surface area contributed by atoms with E-state index in [1.807, 2.05) is 43.5 Å². The van der Waals surface area contributed by atoms with E-state index < -0.39 is 5.91 Å². The third-order valence-corrected chi connectivity index (χ3v) is 6.57. The Labute approximate surface area is 184 Å². The molecule has 1 aromatic heterocycles. The number of carbonyl (C=O) groups excluding carboxylic acids is 1. The van der Waals surface area contributed by atoms with Crippen LogP contribution in [-0.2, 0) is 11.3 Å². The summed E-state index contributed by atoms with van der Waals surface area (Å²) in [4.78, 5) is 16.9. The number of carbonyl (C=O) groups is 1. The predicted molar refractivity (Wildman–Crippen MR) is 128 cm³/mol. The Morgan fingerprint density at radius 1 is 1.13 bits per heavy atom. The fourth-order valence-electron chi connectivity index (χ4n) is 3.82. The molecule has 7 heteroatoms. The summed E-state index contributed by atoms with van der Waals surface area (Å²) in [6.45, 7) is 4.84. The molecule has 31 heavy (non-hydrogen) atoms. The summed E-state index contributed by atoms with van der Waals surface area (Å²) in [6, 6.07) is 16.5. The van der Waals surface area contributed by atoms with Crippen LogP contribution >= 0.6 is 11.8 Å². The molecule has 3 aromatic rings. The highest BCUT2D eigenvalue weighted by molar-refractivity contribution is 8.26. The number of thioether (sulfide) groups is 1. The number of rotatable bonds is 4. The first kappa shape index (κ1) is 19.5. The van der Waals surface area contributed by atoms with E-state index in [-0.39, 0.29) is 11.4 Å². The second kappa shape index (κ2) is 7.67. The maximum absolute atomic E-state index is 12.7. The monoisotopic (exact) mass is 427 g/mol. The van der Waals surface area contributed by atoms with Gasteiger partial charge in [-0.05, 0) is 48.4 Å². The van der Waals surface area contributed by atoms with Crippen molar-refractivity contribution in [2.24, 2.45) is 10.1 Å². The van der Waals surface area contributed by atoms with Gasteiger partial charge in [0, 0.05) is 29.2 Å². The number of amidine groups is 2. The van der Waals surface area contributed by atoms with Gasteiger partial charge in [0.2, 0.25) is 5.17 Å². The van der Waals surface area contributed by atoms with Crippen LogP contribution in [0.4, 0.5) is 0 Å². The first-order valence-electron chi connectivity index (χ1n) is 10.2. The van der Waals surface area contributed by atoms with Gasteiger partial charge in [-0.2, -0.15) is 15.1 Å². The number of fused-ring (bicyclic) bond motifs is 2. The second-order valence-electron chi connectivity index (χ2n) is 7.52. The summed E-state index contributed by atoms with van der Waals surface area (Å²) in [7, 11) is 0. The molecule has 0 fully saturated rings. The first-order chi connectivity index (χ1) is 15.0. The summed E-state index contributed by atoms with van der Waals surface area (Å²) in [5, 5.41) is 16.8. The lowest BCUT2D eigenvalue weighted by Gasteiger charge is -2.20. The third kappa shape index (κ3) is 3.41. The molecule has 0 radical (unpaired) electrons. The number of amides is 1. The fourth-order valence-corrected chi connectivity index (χ4v) is 4.65. The summed E-state index contributed by atoms with van der Waals surface area (Å²) >= 11 is 1.35. The van der Waals surface area contributed by atoms with Crippen molar-refractivity contribution in [3.63, 3.8) is 0 Å². The highest BCUT2D eigenvalue weighted by Gasteiger charge is 2.35. The van der Waals surface area contributed by atoms with Crippen LogP contribution < -0.4 is 0 Å². The molecule has 0 atom stereocenters. The molecule has 2 aromatic carbocycles. The Morgan fingerprint density at radius 3 is 2.71 bits per heavy atom. The van der Waals surface area contributed by atoms with Gasteiger partial charge in [-0.3, -0.25) is 10.2 Å². The number of hydrogen-bond donors (Lipinski definition) is 1. The average Bonchev–Trinajstić information content (AvgIpc) is 3.34. The molecule has 0 spiro atoms. The summed E-state index contributed by atoms with van der Waals surface area (Å²) in [5.41, 5.74) is 4.71. The normalized spacial score (nSPS) is 17.4. The number of para-hydroxylation sites is 1. The molecule has 0 saturated carbocycles. The maximum Gasteiger partial charge on any atom is 0.283 e. The molecule has 2 aliphatic heterocycles. The number of nitrogens with one attached hydrogen (secondary N) is 1. The number of aromatic nitrogens is 1. The van der Waals surface area contributed by atoms with Crippen molar-refractivity contribution in [2.75, 3.05) is 0 Å². The van der Waals surface area contributed by atoms with Crippen LogP contribution in [0.5, 0.6) is 0 Å². The first-order valence-corrected chi connectivity index (χ1v) is 11.0. The Balaban J connectivity index is 1.58. The SMILES string of the molecule is CCC1=NN2C(=N)/C(=C/c3cn(Cc4ccccc4C)c4ccccc34)C(=O)N=C2S1. The van der Waals surface area contributed by atoms with Crippen LogP contribution in [0.3, 0.4) is 0 Å². The molecular weight excluding hydrogens is 406 g/mol. The zero-order valence-corrected chi connectivity index (χ0v) is 18.1. The van der Waals surface area contributed by atoms with E-state index in [0.717, 1.165) is 34.5 Å². The van der Waals surface area contributed by atoms with E-state index in [4.69, 9.17) is 5.41 Å². The van der Waals surface area contributed by atoms with Gasteiger partial charge in [-0.1, -0.05) is 49.4 Å². The largest absolute Gasteiger partial charge is 0.342 e. The molecule has 0 unspecified atom stereocenters. The van der Waals surface area contributed by atoms with Crippen LogP contribution in [0.15, 0.2) is 70.4 Å². The Bertz CT molecular complexity index is 1330. The van der Waals surface area contributed by atoms with Crippen molar-refractivity contribution >= 4 is 50.7 Å². The van der Waals surface area contributed by atoms with E-state index >= 15 is 0 Å². The van der Waals surface area contributed by atoms with E-state index in [2.05, 4.69) is 39.8 Å². The van der Waals surface area contributed by atoms with Gasteiger partial charge in [0.05, 0.1) is 5.57 Å². The number of hydrazone groups is 1. The van der Waals surface area contributed by atoms with E-state index in [0.29, 0.717) is 5.17 Å². The van der Waals surface area contributed by atoms with Crippen molar-refractivity contribution in [3.05, 3.63) is 77.0 Å². The minimum Gasteiger partial charge on any atom is -0.342 e. The zero-order chi connectivity index (χ0) is 21.5. The smallest absolute Gasteiger partial charge is 0.283 e. The average molecular weight is 428 g/mol. The number of aryl methyl sites for hydroxylation is 1. The van der Waals surface area contributed by atoms with E-state index in [1.54, 1.807) is 6.08 Å². The molecule has 0 saturated heterocycles. The van der Waals surface area contributed by atoms with Gasteiger partial charge in [0.25, 0.3) is 5.91 Å². The minimum absolute atomic E-state index is 0.0710. The molecule has 154 valence electrons. The highest BCUT2D eigenvalue weighted by atomic mass is 32.2. The summed E-state index contributed by atoms with van der Waals surface area (Å²) in [5.74, 6) is -0.325. The van der Waals surface area contributed by atoms with Crippen LogP contribution in [0.1, 0.15) is 30.0 Å². The zero-order valence-electron chi connectivity index (χ0n) is 17.3. The molecule has 5 rings (SSSR count). The van der Waals surface area contributed by atoms with Gasteiger partial charge in [-0.15, -0.1) is 0 Å². The van der Waals surface area contributed by atoms with Crippen molar-refractivity contribution in [1.82, 2.24) is 9.58 Å². The van der Waals surface area contributed by atoms with Crippen LogP contribution in [0.25, 0.3) is 17.0 Å². The highest BCUT2D eigenvalue weighted by Crippen LogP contribution is 2.31. The molecule has 2 aliphatic rings. The van der Waals surface area contributed by atoms with E-state index in [9.17, 15) is 4.79 Å². The molecule has 3 heterocycles. The maximum atomic E-state index is 12.7. The van der Waals surface area contributed by atoms with Gasteiger partial charge >= 0.3 is 0 Å². The van der Waals surface area contributed by atoms with Gasteiger partial charge in [0.15, 0.2) is 5.84 Å². The Kier molecular flexibility index (Phi) is 4.82. The lowest BCUT2D eigenvalue weighted by atomic mass is 10.1. The Morgan fingerprint density at radius 2 is 1.90 bits per heavy atom. The second-order valence-corrected chi connectivity index (χ2v) is 8.56. The molecular formula is C24H21N5OS. The Hall–Kier alpha value is -3.45. The molecule has 1 N–H and O–H groups in total. The topological polar surface area (TPSA) is 73.8 Å². The number of nitrogens with zero attached hydrogens (tertiary/aromatic N) is 4. The van der Waals surface area contributed by atoms with Crippen LogP contribution in [0, 0.1) is 12.3 Å². The predicted octanol–water partition coefficient (Wildman–Crippen LogP) is 5.03. The molecule has 0 bridgehead atoms. The van der Waals surface area contributed by atoms with Gasteiger partial charge in [0.1, 0.15) is 5.04 Å². The number of aliphatic imine (C=N–C) groups is 1.